The van der Waals surface area contributed by atoms with Gasteiger partial charge in [0.1, 0.15) is 0 Å². The lowest BCUT2D eigenvalue weighted by Gasteiger charge is -2.40. The number of benzene rings is 1. The van der Waals surface area contributed by atoms with Crippen molar-refractivity contribution in [2.24, 2.45) is 0 Å². The molecule has 2 aromatic rings. The maximum Gasteiger partial charge on any atom is 0.253 e. The number of rotatable bonds is 5. The maximum atomic E-state index is 12.3. The molecule has 1 atom stereocenters. The molecule has 1 amide bonds. The van der Waals surface area contributed by atoms with Gasteiger partial charge in [-0.2, -0.15) is 0 Å². The molecule has 5 nitrogen and oxygen atoms in total. The van der Waals surface area contributed by atoms with Gasteiger partial charge >= 0.3 is 0 Å². The maximum absolute atomic E-state index is 12.3. The number of hydrogen-bond donors (Lipinski definition) is 1. The normalized spacial score (nSPS) is 18.9. The summed E-state index contributed by atoms with van der Waals surface area (Å²) in [5.74, 6) is -0.0454. The van der Waals surface area contributed by atoms with Crippen LogP contribution < -0.4 is 5.32 Å². The molecule has 0 radical (unpaired) electrons. The van der Waals surface area contributed by atoms with Gasteiger partial charge in [-0.25, -0.2) is 0 Å². The number of amides is 1. The van der Waals surface area contributed by atoms with Crippen LogP contribution in [0, 0.1) is 6.92 Å². The summed E-state index contributed by atoms with van der Waals surface area (Å²) in [5, 5.41) is 3.04. The molecule has 0 spiro atoms. The number of likely N-dealkylation sites (N-methyl/N-ethyl adjacent to an activating group) is 1. The molecule has 1 aliphatic heterocycles. The zero-order valence-corrected chi connectivity index (χ0v) is 15.0. The Morgan fingerprint density at radius 2 is 2.00 bits per heavy atom. The monoisotopic (exact) mass is 338 g/mol. The van der Waals surface area contributed by atoms with Crippen LogP contribution in [0.2, 0.25) is 0 Å². The van der Waals surface area contributed by atoms with Gasteiger partial charge < -0.3 is 10.2 Å². The zero-order chi connectivity index (χ0) is 17.6. The highest BCUT2D eigenvalue weighted by molar-refractivity contribution is 5.95. The minimum Gasteiger partial charge on any atom is -0.351 e. The van der Waals surface area contributed by atoms with Crippen LogP contribution in [-0.4, -0.2) is 60.5 Å². The molecule has 0 aliphatic carbocycles. The van der Waals surface area contributed by atoms with E-state index in [9.17, 15) is 4.79 Å². The van der Waals surface area contributed by atoms with Gasteiger partial charge in [0.05, 0.1) is 5.56 Å². The zero-order valence-electron chi connectivity index (χ0n) is 15.0. The number of nitrogens with one attached hydrogen (secondary N) is 1. The number of piperazine rings is 1. The van der Waals surface area contributed by atoms with Crippen LogP contribution in [0.1, 0.15) is 27.7 Å². The largest absolute Gasteiger partial charge is 0.351 e. The molecule has 1 aliphatic rings. The quantitative estimate of drug-likeness (QED) is 0.907. The number of carbonyl (C=O) groups is 1. The summed E-state index contributed by atoms with van der Waals surface area (Å²) in [7, 11) is 2.17. The predicted molar refractivity (Wildman–Crippen MR) is 99.6 cm³/mol. The van der Waals surface area contributed by atoms with Gasteiger partial charge in [-0.1, -0.05) is 30.3 Å². The van der Waals surface area contributed by atoms with E-state index in [2.05, 4.69) is 57.5 Å². The first kappa shape index (κ1) is 17.6. The smallest absolute Gasteiger partial charge is 0.253 e. The molecule has 1 fully saturated rings. The molecule has 0 unspecified atom stereocenters. The van der Waals surface area contributed by atoms with Gasteiger partial charge in [0.2, 0.25) is 0 Å². The summed E-state index contributed by atoms with van der Waals surface area (Å²) in [6, 6.07) is 14.6. The third-order valence-corrected chi connectivity index (χ3v) is 4.81. The molecule has 0 saturated carbocycles. The summed E-state index contributed by atoms with van der Waals surface area (Å²) in [6.07, 6.45) is 1.71. The Morgan fingerprint density at radius 3 is 2.76 bits per heavy atom. The van der Waals surface area contributed by atoms with Gasteiger partial charge in [-0.3, -0.25) is 14.7 Å². The van der Waals surface area contributed by atoms with Crippen molar-refractivity contribution in [2.45, 2.75) is 13.0 Å². The van der Waals surface area contributed by atoms with E-state index in [4.69, 9.17) is 0 Å². The van der Waals surface area contributed by atoms with Crippen molar-refractivity contribution in [1.82, 2.24) is 20.1 Å². The van der Waals surface area contributed by atoms with E-state index in [0.29, 0.717) is 18.2 Å². The van der Waals surface area contributed by atoms with Crippen LogP contribution >= 0.6 is 0 Å². The molecule has 1 N–H and O–H groups in total. The minimum absolute atomic E-state index is 0.0454. The lowest BCUT2D eigenvalue weighted by molar-refractivity contribution is 0.0842. The Hall–Kier alpha value is -2.24. The van der Waals surface area contributed by atoms with Crippen molar-refractivity contribution in [3.05, 3.63) is 65.5 Å². The van der Waals surface area contributed by atoms with Crippen LogP contribution in [0.3, 0.4) is 0 Å². The van der Waals surface area contributed by atoms with Gasteiger partial charge in [-0.15, -0.1) is 0 Å². The van der Waals surface area contributed by atoms with Crippen molar-refractivity contribution in [1.29, 1.82) is 0 Å². The lowest BCUT2D eigenvalue weighted by atomic mass is 10.0. The van der Waals surface area contributed by atoms with Crippen molar-refractivity contribution in [2.75, 3.05) is 39.8 Å². The standard InChI is InChI=1S/C20H26N4O/c1-16-18(9-6-10-21-16)20(25)22-11-12-24-14-13-23(2)15-19(24)17-7-4-3-5-8-17/h3-10,19H,11-15H2,1-2H3,(H,22,25)/t19-/m1/s1. The third kappa shape index (κ3) is 4.44. The molecular weight excluding hydrogens is 312 g/mol. The van der Waals surface area contributed by atoms with Gasteiger partial charge in [0, 0.05) is 50.7 Å². The number of aromatic nitrogens is 1. The molecule has 1 aromatic heterocycles. The van der Waals surface area contributed by atoms with E-state index in [1.165, 1.54) is 5.56 Å². The number of nitrogens with zero attached hydrogens (tertiary/aromatic N) is 3. The fourth-order valence-corrected chi connectivity index (χ4v) is 3.35. The molecule has 5 heteroatoms. The van der Waals surface area contributed by atoms with Crippen LogP contribution in [0.15, 0.2) is 48.7 Å². The van der Waals surface area contributed by atoms with Crippen molar-refractivity contribution >= 4 is 5.91 Å². The van der Waals surface area contributed by atoms with E-state index >= 15 is 0 Å². The first-order chi connectivity index (χ1) is 12.1. The SMILES string of the molecule is Cc1ncccc1C(=O)NCCN1CCN(C)C[C@@H]1c1ccccc1. The van der Waals surface area contributed by atoms with E-state index in [0.717, 1.165) is 31.9 Å². The molecule has 132 valence electrons. The number of pyridine rings is 1. The average molecular weight is 338 g/mol. The Bertz CT molecular complexity index is 704. The summed E-state index contributed by atoms with van der Waals surface area (Å²) in [6.45, 7) is 6.43. The van der Waals surface area contributed by atoms with Gasteiger partial charge in [0.15, 0.2) is 0 Å². The van der Waals surface area contributed by atoms with Gasteiger partial charge in [-0.05, 0) is 31.7 Å². The lowest BCUT2D eigenvalue weighted by Crippen LogP contribution is -2.49. The van der Waals surface area contributed by atoms with Crippen LogP contribution in [0.5, 0.6) is 0 Å². The van der Waals surface area contributed by atoms with Crippen LogP contribution in [0.25, 0.3) is 0 Å². The average Bonchev–Trinajstić information content (AvgIpc) is 2.64. The minimum atomic E-state index is -0.0454. The van der Waals surface area contributed by atoms with E-state index in [1.54, 1.807) is 12.3 Å². The van der Waals surface area contributed by atoms with Crippen molar-refractivity contribution in [3.63, 3.8) is 0 Å². The van der Waals surface area contributed by atoms with E-state index < -0.39 is 0 Å². The predicted octanol–water partition coefficient (Wildman–Crippen LogP) is 2.11. The summed E-state index contributed by atoms with van der Waals surface area (Å²) >= 11 is 0. The molecule has 2 heterocycles. The molecule has 25 heavy (non-hydrogen) atoms. The summed E-state index contributed by atoms with van der Waals surface area (Å²) in [4.78, 5) is 21.3. The van der Waals surface area contributed by atoms with Crippen LogP contribution in [0.4, 0.5) is 0 Å². The molecule has 1 saturated heterocycles. The second kappa shape index (κ2) is 8.23. The number of hydrogen-bond acceptors (Lipinski definition) is 4. The van der Waals surface area contributed by atoms with Crippen LogP contribution in [-0.2, 0) is 0 Å². The first-order valence-electron chi connectivity index (χ1n) is 8.82. The fourth-order valence-electron chi connectivity index (χ4n) is 3.35. The summed E-state index contributed by atoms with van der Waals surface area (Å²) < 4.78 is 0. The van der Waals surface area contributed by atoms with E-state index in [1.807, 2.05) is 13.0 Å². The Kier molecular flexibility index (Phi) is 5.79. The second-order valence-corrected chi connectivity index (χ2v) is 6.62. The summed E-state index contributed by atoms with van der Waals surface area (Å²) in [5.41, 5.74) is 2.76. The van der Waals surface area contributed by atoms with Crippen molar-refractivity contribution in [3.8, 4) is 0 Å². The topological polar surface area (TPSA) is 48.5 Å². The number of aryl methyl sites for hydroxylation is 1. The highest BCUT2D eigenvalue weighted by Gasteiger charge is 2.26. The fraction of sp³-hybridized carbons (Fsp3) is 0.400. The third-order valence-electron chi connectivity index (χ3n) is 4.81. The highest BCUT2D eigenvalue weighted by Crippen LogP contribution is 2.24. The van der Waals surface area contributed by atoms with Gasteiger partial charge in [0.25, 0.3) is 5.91 Å². The van der Waals surface area contributed by atoms with Crippen molar-refractivity contribution < 1.29 is 4.79 Å². The number of carbonyl (C=O) groups excluding carboxylic acids is 1. The highest BCUT2D eigenvalue weighted by atomic mass is 16.1. The molecule has 0 bridgehead atoms. The Morgan fingerprint density at radius 1 is 1.20 bits per heavy atom. The Balaban J connectivity index is 1.59. The molecule has 1 aromatic carbocycles. The van der Waals surface area contributed by atoms with E-state index in [-0.39, 0.29) is 5.91 Å². The molecule has 3 rings (SSSR count). The Labute approximate surface area is 149 Å². The second-order valence-electron chi connectivity index (χ2n) is 6.62. The molecular formula is C20H26N4O. The first-order valence-corrected chi connectivity index (χ1v) is 8.82.